The van der Waals surface area contributed by atoms with Crippen LogP contribution < -0.4 is 14.8 Å². The van der Waals surface area contributed by atoms with E-state index in [1.54, 1.807) is 7.11 Å². The van der Waals surface area contributed by atoms with E-state index in [9.17, 15) is 0 Å². The third-order valence-corrected chi connectivity index (χ3v) is 8.34. The molecule has 4 aliphatic rings. The Kier molecular flexibility index (Phi) is 6.01. The van der Waals surface area contributed by atoms with Gasteiger partial charge in [0.05, 0.1) is 7.11 Å². The van der Waals surface area contributed by atoms with E-state index in [4.69, 9.17) is 21.1 Å². The molecule has 3 nitrogen and oxygen atoms in total. The lowest BCUT2D eigenvalue weighted by atomic mass is 9.54. The van der Waals surface area contributed by atoms with Crippen LogP contribution in [0.4, 0.5) is 0 Å². The Morgan fingerprint density at radius 2 is 1.73 bits per heavy atom. The molecule has 160 valence electrons. The summed E-state index contributed by atoms with van der Waals surface area (Å²) in [5.74, 6) is 5.27. The maximum Gasteiger partial charge on any atom is 0.162 e. The smallest absolute Gasteiger partial charge is 0.162 e. The van der Waals surface area contributed by atoms with Gasteiger partial charge in [-0.15, -0.1) is 0 Å². The van der Waals surface area contributed by atoms with Crippen LogP contribution in [0.25, 0.3) is 0 Å². The zero-order valence-electron chi connectivity index (χ0n) is 17.4. The Morgan fingerprint density at radius 1 is 1.00 bits per heavy atom. The third kappa shape index (κ3) is 4.24. The molecule has 1 N–H and O–H groups in total. The van der Waals surface area contributed by atoms with E-state index in [1.165, 1.54) is 37.7 Å². The van der Waals surface area contributed by atoms with Crippen LogP contribution >= 0.6 is 27.5 Å². The molecule has 4 aliphatic carbocycles. The van der Waals surface area contributed by atoms with Gasteiger partial charge in [-0.2, -0.15) is 0 Å². The molecule has 5 heteroatoms. The molecule has 0 radical (unpaired) electrons. The van der Waals surface area contributed by atoms with E-state index < -0.39 is 0 Å². The minimum absolute atomic E-state index is 0.453. The number of hydrogen-bond donors (Lipinski definition) is 1. The molecule has 0 atom stereocenters. The monoisotopic (exact) mass is 489 g/mol. The summed E-state index contributed by atoms with van der Waals surface area (Å²) in [4.78, 5) is 0. The van der Waals surface area contributed by atoms with Gasteiger partial charge in [-0.05, 0) is 91.2 Å². The molecular formula is C25H29BrClNO2. The zero-order valence-corrected chi connectivity index (χ0v) is 19.7. The molecule has 30 heavy (non-hydrogen) atoms. The number of benzene rings is 2. The first-order valence-electron chi connectivity index (χ1n) is 11.1. The second-order valence-corrected chi connectivity index (χ2v) is 10.6. The Labute approximate surface area is 192 Å². The van der Waals surface area contributed by atoms with Gasteiger partial charge in [0.1, 0.15) is 6.61 Å². The number of methoxy groups -OCH3 is 1. The van der Waals surface area contributed by atoms with Crippen molar-refractivity contribution < 1.29 is 9.47 Å². The Hall–Kier alpha value is -1.23. The highest BCUT2D eigenvalue weighted by Gasteiger charge is 2.47. The molecule has 4 saturated carbocycles. The summed E-state index contributed by atoms with van der Waals surface area (Å²) in [6, 6.07) is 12.5. The van der Waals surface area contributed by atoms with Gasteiger partial charge in [0.15, 0.2) is 11.5 Å². The van der Waals surface area contributed by atoms with Crippen molar-refractivity contribution in [3.05, 3.63) is 57.0 Å². The summed E-state index contributed by atoms with van der Waals surface area (Å²) in [6.45, 7) is 1.31. The van der Waals surface area contributed by atoms with Crippen molar-refractivity contribution >= 4 is 27.5 Å². The zero-order chi connectivity index (χ0) is 20.7. The quantitative estimate of drug-likeness (QED) is 0.474. The predicted molar refractivity (Wildman–Crippen MR) is 124 cm³/mol. The maximum absolute atomic E-state index is 6.08. The molecule has 4 bridgehead atoms. The largest absolute Gasteiger partial charge is 0.493 e. The van der Waals surface area contributed by atoms with Crippen molar-refractivity contribution in [1.29, 1.82) is 0 Å². The van der Waals surface area contributed by atoms with Crippen LogP contribution in [0.2, 0.25) is 5.02 Å². The normalized spacial score (nSPS) is 29.2. The fourth-order valence-electron chi connectivity index (χ4n) is 6.26. The van der Waals surface area contributed by atoms with E-state index in [-0.39, 0.29) is 0 Å². The molecule has 2 aromatic carbocycles. The van der Waals surface area contributed by atoms with Crippen molar-refractivity contribution in [1.82, 2.24) is 5.32 Å². The lowest BCUT2D eigenvalue weighted by Gasteiger charge is -2.54. The molecular weight excluding hydrogens is 462 g/mol. The first-order chi connectivity index (χ1) is 14.6. The number of halogens is 2. The highest BCUT2D eigenvalue weighted by Crippen LogP contribution is 2.53. The van der Waals surface area contributed by atoms with E-state index in [2.05, 4.69) is 27.3 Å². The van der Waals surface area contributed by atoms with Gasteiger partial charge in [-0.1, -0.05) is 39.7 Å². The third-order valence-electron chi connectivity index (χ3n) is 7.37. The van der Waals surface area contributed by atoms with Crippen molar-refractivity contribution in [2.45, 2.75) is 51.3 Å². The van der Waals surface area contributed by atoms with Crippen LogP contribution in [0.5, 0.6) is 11.5 Å². The van der Waals surface area contributed by atoms with Crippen molar-refractivity contribution in [2.24, 2.45) is 23.7 Å². The molecule has 4 fully saturated rings. The van der Waals surface area contributed by atoms with Gasteiger partial charge in [0, 0.05) is 22.1 Å². The molecule has 6 rings (SSSR count). The van der Waals surface area contributed by atoms with Gasteiger partial charge in [-0.3, -0.25) is 0 Å². The van der Waals surface area contributed by atoms with Crippen LogP contribution in [-0.4, -0.2) is 13.2 Å². The molecule has 0 unspecified atom stereocenters. The lowest BCUT2D eigenvalue weighted by Crippen LogP contribution is -2.54. The molecule has 0 spiro atoms. The van der Waals surface area contributed by atoms with Crippen molar-refractivity contribution in [3.63, 3.8) is 0 Å². The van der Waals surface area contributed by atoms with Crippen molar-refractivity contribution in [2.75, 3.05) is 7.11 Å². The predicted octanol–water partition coefficient (Wildman–Crippen LogP) is 6.60. The van der Waals surface area contributed by atoms with Crippen LogP contribution in [0.15, 0.2) is 40.9 Å². The number of ether oxygens (including phenoxy) is 2. The lowest BCUT2D eigenvalue weighted by molar-refractivity contribution is -0.0142. The second kappa shape index (κ2) is 8.72. The van der Waals surface area contributed by atoms with Crippen LogP contribution in [-0.2, 0) is 13.2 Å². The fourth-order valence-corrected chi connectivity index (χ4v) is 6.93. The summed E-state index contributed by atoms with van der Waals surface area (Å²) in [5.41, 5.74) is 2.25. The van der Waals surface area contributed by atoms with Gasteiger partial charge < -0.3 is 14.8 Å². The standard InChI is InChI=1S/C25H29BrClNO2/c1-29-23-11-20(13-28-25-18-6-16-5-17(8-18)9-19(25)7-16)22(26)12-24(23)30-14-15-3-2-4-21(27)10-15/h2-4,10-12,16-19,25,28H,5-9,13-14H2,1H3. The molecule has 2 aromatic rings. The van der Waals surface area contributed by atoms with Gasteiger partial charge in [0.2, 0.25) is 0 Å². The summed E-state index contributed by atoms with van der Waals surface area (Å²) >= 11 is 9.84. The van der Waals surface area contributed by atoms with Crippen LogP contribution in [0.1, 0.15) is 43.2 Å². The minimum Gasteiger partial charge on any atom is -0.493 e. The van der Waals surface area contributed by atoms with Gasteiger partial charge in [-0.25, -0.2) is 0 Å². The molecule has 0 saturated heterocycles. The van der Waals surface area contributed by atoms with Crippen molar-refractivity contribution in [3.8, 4) is 11.5 Å². The molecule has 0 heterocycles. The first kappa shape index (κ1) is 20.7. The summed E-state index contributed by atoms with van der Waals surface area (Å²) < 4.78 is 12.7. The number of nitrogens with one attached hydrogen (secondary N) is 1. The average molecular weight is 491 g/mol. The van der Waals surface area contributed by atoms with E-state index in [0.717, 1.165) is 56.8 Å². The Bertz CT molecular complexity index is 890. The summed E-state index contributed by atoms with van der Waals surface area (Å²) in [6.07, 6.45) is 7.24. The van der Waals surface area contributed by atoms with Crippen LogP contribution in [0, 0.1) is 23.7 Å². The van der Waals surface area contributed by atoms with E-state index >= 15 is 0 Å². The highest BCUT2D eigenvalue weighted by atomic mass is 79.9. The maximum atomic E-state index is 6.08. The number of hydrogen-bond acceptors (Lipinski definition) is 3. The second-order valence-electron chi connectivity index (χ2n) is 9.35. The fraction of sp³-hybridized carbons (Fsp3) is 0.520. The summed E-state index contributed by atoms with van der Waals surface area (Å²) in [7, 11) is 1.70. The molecule has 0 aliphatic heterocycles. The average Bonchev–Trinajstić information content (AvgIpc) is 2.72. The van der Waals surface area contributed by atoms with Crippen LogP contribution in [0.3, 0.4) is 0 Å². The minimum atomic E-state index is 0.453. The van der Waals surface area contributed by atoms with E-state index in [1.807, 2.05) is 30.3 Å². The SMILES string of the molecule is COc1cc(CNC2C3CC4CC(C3)CC2C4)c(Br)cc1OCc1cccc(Cl)c1. The van der Waals surface area contributed by atoms with Gasteiger partial charge >= 0.3 is 0 Å². The molecule has 0 aromatic heterocycles. The highest BCUT2D eigenvalue weighted by molar-refractivity contribution is 9.10. The van der Waals surface area contributed by atoms with E-state index in [0.29, 0.717) is 12.6 Å². The first-order valence-corrected chi connectivity index (χ1v) is 12.2. The molecule has 0 amide bonds. The Morgan fingerprint density at radius 3 is 2.40 bits per heavy atom. The van der Waals surface area contributed by atoms with Gasteiger partial charge in [0.25, 0.3) is 0 Å². The topological polar surface area (TPSA) is 30.5 Å². The summed E-state index contributed by atoms with van der Waals surface area (Å²) in [5, 5.41) is 4.63. The Balaban J connectivity index is 1.26. The number of rotatable bonds is 7.